The Morgan fingerprint density at radius 2 is 2.00 bits per heavy atom. The zero-order chi connectivity index (χ0) is 7.28. The number of hydrogen-bond acceptors (Lipinski definition) is 1. The van der Waals surface area contributed by atoms with Crippen molar-refractivity contribution in [3.05, 3.63) is 0 Å². The SMILES string of the molecule is CCC/C(=N/C)N(C)C. The molecule has 2 heteroatoms. The topological polar surface area (TPSA) is 15.6 Å². The Kier molecular flexibility index (Phi) is 4.10. The first-order valence-corrected chi connectivity index (χ1v) is 3.35. The van der Waals surface area contributed by atoms with Crippen LogP contribution in [0.2, 0.25) is 0 Å². The molecule has 0 saturated heterocycles. The summed E-state index contributed by atoms with van der Waals surface area (Å²) in [6.45, 7) is 2.16. The summed E-state index contributed by atoms with van der Waals surface area (Å²) in [5.74, 6) is 1.18. The Balaban J connectivity index is 3.70. The molecule has 0 spiro atoms. The van der Waals surface area contributed by atoms with Gasteiger partial charge in [-0.1, -0.05) is 6.92 Å². The van der Waals surface area contributed by atoms with E-state index in [0.29, 0.717) is 0 Å². The van der Waals surface area contributed by atoms with E-state index in [9.17, 15) is 0 Å². The van der Waals surface area contributed by atoms with Crippen LogP contribution in [0.5, 0.6) is 0 Å². The fourth-order valence-electron chi connectivity index (χ4n) is 0.759. The second kappa shape index (κ2) is 4.36. The van der Waals surface area contributed by atoms with Crippen molar-refractivity contribution in [3.8, 4) is 0 Å². The third-order valence-electron chi connectivity index (χ3n) is 1.25. The summed E-state index contributed by atoms with van der Waals surface area (Å²) in [4.78, 5) is 6.18. The summed E-state index contributed by atoms with van der Waals surface area (Å²) in [5, 5.41) is 0. The van der Waals surface area contributed by atoms with Crippen molar-refractivity contribution in [2.45, 2.75) is 19.8 Å². The highest BCUT2D eigenvalue weighted by atomic mass is 15.1. The molecule has 0 radical (unpaired) electrons. The van der Waals surface area contributed by atoms with Gasteiger partial charge >= 0.3 is 0 Å². The van der Waals surface area contributed by atoms with Crippen LogP contribution < -0.4 is 0 Å². The summed E-state index contributed by atoms with van der Waals surface area (Å²) in [6.07, 6.45) is 2.26. The van der Waals surface area contributed by atoms with E-state index in [1.165, 1.54) is 12.3 Å². The number of rotatable bonds is 2. The first-order valence-electron chi connectivity index (χ1n) is 3.35. The van der Waals surface area contributed by atoms with Crippen LogP contribution in [0, 0.1) is 0 Å². The van der Waals surface area contributed by atoms with E-state index in [1.807, 2.05) is 21.1 Å². The molecule has 0 aromatic heterocycles. The zero-order valence-electron chi connectivity index (χ0n) is 6.81. The maximum Gasteiger partial charge on any atom is 0.0980 e. The van der Waals surface area contributed by atoms with Crippen LogP contribution in [0.4, 0.5) is 0 Å². The van der Waals surface area contributed by atoms with E-state index in [0.717, 1.165) is 6.42 Å². The van der Waals surface area contributed by atoms with Gasteiger partial charge in [0.15, 0.2) is 0 Å². The highest BCUT2D eigenvalue weighted by molar-refractivity contribution is 5.81. The van der Waals surface area contributed by atoms with Crippen LogP contribution in [0.25, 0.3) is 0 Å². The zero-order valence-corrected chi connectivity index (χ0v) is 6.81. The summed E-state index contributed by atoms with van der Waals surface area (Å²) in [5.41, 5.74) is 0. The molecule has 2 nitrogen and oxygen atoms in total. The van der Waals surface area contributed by atoms with Crippen molar-refractivity contribution < 1.29 is 0 Å². The molecule has 0 fully saturated rings. The predicted molar refractivity (Wildman–Crippen MR) is 42.0 cm³/mol. The van der Waals surface area contributed by atoms with Gasteiger partial charge in [0.25, 0.3) is 0 Å². The Morgan fingerprint density at radius 3 is 2.11 bits per heavy atom. The molecule has 0 aromatic carbocycles. The fourth-order valence-corrected chi connectivity index (χ4v) is 0.759. The van der Waals surface area contributed by atoms with E-state index in [1.54, 1.807) is 0 Å². The van der Waals surface area contributed by atoms with E-state index in [4.69, 9.17) is 0 Å². The number of aliphatic imine (C=N–C) groups is 1. The van der Waals surface area contributed by atoms with Crippen molar-refractivity contribution in [2.75, 3.05) is 21.1 Å². The predicted octanol–water partition coefficient (Wildman–Crippen LogP) is 1.38. The molecule has 0 aliphatic heterocycles. The van der Waals surface area contributed by atoms with Crippen molar-refractivity contribution >= 4 is 5.84 Å². The Labute approximate surface area is 57.6 Å². The minimum atomic E-state index is 1.09. The lowest BCUT2D eigenvalue weighted by molar-refractivity contribution is 0.599. The molecule has 0 N–H and O–H groups in total. The van der Waals surface area contributed by atoms with E-state index < -0.39 is 0 Å². The maximum atomic E-state index is 4.12. The van der Waals surface area contributed by atoms with Gasteiger partial charge in [-0.25, -0.2) is 0 Å². The highest BCUT2D eigenvalue weighted by Crippen LogP contribution is 1.93. The quantitative estimate of drug-likeness (QED) is 0.405. The van der Waals surface area contributed by atoms with Gasteiger partial charge in [-0.2, -0.15) is 0 Å². The summed E-state index contributed by atoms with van der Waals surface area (Å²) >= 11 is 0. The van der Waals surface area contributed by atoms with Crippen LogP contribution >= 0.6 is 0 Å². The van der Waals surface area contributed by atoms with Gasteiger partial charge in [0.2, 0.25) is 0 Å². The van der Waals surface area contributed by atoms with Gasteiger partial charge in [0.05, 0.1) is 5.84 Å². The highest BCUT2D eigenvalue weighted by Gasteiger charge is 1.95. The summed E-state index contributed by atoms with van der Waals surface area (Å²) in [6, 6.07) is 0. The molecule has 0 unspecified atom stereocenters. The lowest BCUT2D eigenvalue weighted by Crippen LogP contribution is -2.21. The third-order valence-corrected chi connectivity index (χ3v) is 1.25. The van der Waals surface area contributed by atoms with Crippen LogP contribution in [0.15, 0.2) is 4.99 Å². The minimum absolute atomic E-state index is 1.09. The Hall–Kier alpha value is -0.530. The van der Waals surface area contributed by atoms with Crippen molar-refractivity contribution in [2.24, 2.45) is 4.99 Å². The summed E-state index contributed by atoms with van der Waals surface area (Å²) in [7, 11) is 5.89. The minimum Gasteiger partial charge on any atom is -0.367 e. The molecule has 0 aromatic rings. The third kappa shape index (κ3) is 3.12. The molecule has 0 saturated carbocycles. The number of amidine groups is 1. The molecule has 9 heavy (non-hydrogen) atoms. The van der Waals surface area contributed by atoms with Crippen molar-refractivity contribution in [1.29, 1.82) is 0 Å². The molecule has 0 rings (SSSR count). The average Bonchev–Trinajstić information content (AvgIpc) is 1.82. The molecule has 0 amide bonds. The van der Waals surface area contributed by atoms with E-state index >= 15 is 0 Å². The van der Waals surface area contributed by atoms with Gasteiger partial charge in [0, 0.05) is 27.6 Å². The molecular weight excluding hydrogens is 112 g/mol. The lowest BCUT2D eigenvalue weighted by Gasteiger charge is -2.13. The standard InChI is InChI=1S/C7H16N2/c1-5-6-7(8-2)9(3)4/h5-6H2,1-4H3/b8-7-. The molecular formula is C7H16N2. The van der Waals surface area contributed by atoms with Gasteiger partial charge in [0.1, 0.15) is 0 Å². The summed E-state index contributed by atoms with van der Waals surface area (Å²) < 4.78 is 0. The molecule has 0 atom stereocenters. The van der Waals surface area contributed by atoms with Crippen LogP contribution in [0.3, 0.4) is 0 Å². The Morgan fingerprint density at radius 1 is 1.44 bits per heavy atom. The molecule has 54 valence electrons. The van der Waals surface area contributed by atoms with E-state index in [-0.39, 0.29) is 0 Å². The molecule has 0 aliphatic rings. The van der Waals surface area contributed by atoms with Gasteiger partial charge < -0.3 is 4.90 Å². The van der Waals surface area contributed by atoms with Crippen LogP contribution in [0.1, 0.15) is 19.8 Å². The molecule has 0 bridgehead atoms. The Bertz CT molecular complexity index is 95.1. The fraction of sp³-hybridized carbons (Fsp3) is 0.857. The lowest BCUT2D eigenvalue weighted by atomic mass is 10.3. The smallest absolute Gasteiger partial charge is 0.0980 e. The second-order valence-electron chi connectivity index (χ2n) is 2.28. The van der Waals surface area contributed by atoms with Gasteiger partial charge in [-0.15, -0.1) is 0 Å². The van der Waals surface area contributed by atoms with E-state index in [2.05, 4.69) is 16.8 Å². The molecule has 0 heterocycles. The van der Waals surface area contributed by atoms with Gasteiger partial charge in [-0.05, 0) is 6.42 Å². The van der Waals surface area contributed by atoms with Crippen molar-refractivity contribution in [1.82, 2.24) is 4.90 Å². The van der Waals surface area contributed by atoms with Gasteiger partial charge in [-0.3, -0.25) is 4.99 Å². The number of hydrogen-bond donors (Lipinski definition) is 0. The van der Waals surface area contributed by atoms with Crippen LogP contribution in [-0.2, 0) is 0 Å². The van der Waals surface area contributed by atoms with Crippen LogP contribution in [-0.4, -0.2) is 31.9 Å². The normalized spacial score (nSPS) is 11.8. The largest absolute Gasteiger partial charge is 0.367 e. The average molecular weight is 128 g/mol. The monoisotopic (exact) mass is 128 g/mol. The second-order valence-corrected chi connectivity index (χ2v) is 2.28. The molecule has 0 aliphatic carbocycles. The maximum absolute atomic E-state index is 4.12. The first kappa shape index (κ1) is 8.47. The van der Waals surface area contributed by atoms with Crippen molar-refractivity contribution in [3.63, 3.8) is 0 Å². The number of nitrogens with zero attached hydrogens (tertiary/aromatic N) is 2. The first-order chi connectivity index (χ1) is 4.22.